The fraction of sp³-hybridized carbons (Fsp3) is 0.444. The van der Waals surface area contributed by atoms with Crippen LogP contribution in [0.3, 0.4) is 0 Å². The molecule has 1 atom stereocenters. The van der Waals surface area contributed by atoms with Crippen LogP contribution in [0.15, 0.2) is 12.4 Å². The number of carbonyl (C=O) groups excluding carboxylic acids is 2. The van der Waals surface area contributed by atoms with E-state index < -0.39 is 12.0 Å². The number of nitrogens with one attached hydrogen (secondary N) is 1. The fourth-order valence-electron chi connectivity index (χ4n) is 1.14. The molecule has 0 spiro atoms. The van der Waals surface area contributed by atoms with Crippen LogP contribution in [0.4, 0.5) is 5.69 Å². The summed E-state index contributed by atoms with van der Waals surface area (Å²) in [5.41, 5.74) is 5.92. The molecule has 3 N–H and O–H groups in total. The normalized spacial score (nSPS) is 11.9. The summed E-state index contributed by atoms with van der Waals surface area (Å²) >= 11 is 0. The van der Waals surface area contributed by atoms with Gasteiger partial charge in [-0.3, -0.25) is 9.48 Å². The van der Waals surface area contributed by atoms with Gasteiger partial charge in [0, 0.05) is 6.20 Å². The highest BCUT2D eigenvalue weighted by molar-refractivity contribution is 5.83. The molecular weight excluding hydrogens is 212 g/mol. The lowest BCUT2D eigenvalue weighted by molar-refractivity contribution is -0.144. The number of nitrogens with zero attached hydrogens (tertiary/aromatic N) is 2. The van der Waals surface area contributed by atoms with E-state index in [1.54, 1.807) is 6.92 Å². The molecule has 1 aromatic rings. The molecule has 88 valence electrons. The Bertz CT molecular complexity index is 388. The predicted molar refractivity (Wildman–Crippen MR) is 56.3 cm³/mol. The van der Waals surface area contributed by atoms with Crippen molar-refractivity contribution in [2.24, 2.45) is 0 Å². The van der Waals surface area contributed by atoms with E-state index >= 15 is 0 Å². The highest BCUT2D eigenvalue weighted by Gasteiger charge is 2.15. The largest absolute Gasteiger partial charge is 0.467 e. The number of nitrogens with two attached hydrogens (primary N) is 1. The third kappa shape index (κ3) is 3.26. The minimum Gasteiger partial charge on any atom is -0.467 e. The van der Waals surface area contributed by atoms with Crippen LogP contribution in [-0.4, -0.2) is 34.8 Å². The number of carbonyl (C=O) groups is 2. The molecule has 0 saturated carbocycles. The monoisotopic (exact) mass is 226 g/mol. The SMILES string of the molecule is COC(=O)C(C)NC(=O)Cn1cc(N)cn1. The van der Waals surface area contributed by atoms with Crippen molar-refractivity contribution in [2.75, 3.05) is 12.8 Å². The zero-order chi connectivity index (χ0) is 12.1. The average Bonchev–Trinajstić information content (AvgIpc) is 2.62. The van der Waals surface area contributed by atoms with Crippen molar-refractivity contribution in [3.05, 3.63) is 12.4 Å². The number of ether oxygens (including phenoxy) is 1. The Hall–Kier alpha value is -2.05. The second-order valence-electron chi connectivity index (χ2n) is 3.28. The molecule has 0 aliphatic rings. The van der Waals surface area contributed by atoms with Gasteiger partial charge >= 0.3 is 5.97 Å². The Morgan fingerprint density at radius 2 is 2.38 bits per heavy atom. The number of rotatable bonds is 4. The summed E-state index contributed by atoms with van der Waals surface area (Å²) in [6.45, 7) is 1.56. The van der Waals surface area contributed by atoms with Crippen molar-refractivity contribution in [2.45, 2.75) is 19.5 Å². The Kier molecular flexibility index (Phi) is 3.87. The molecule has 1 aromatic heterocycles. The second kappa shape index (κ2) is 5.15. The van der Waals surface area contributed by atoms with Crippen LogP contribution in [0.5, 0.6) is 0 Å². The summed E-state index contributed by atoms with van der Waals surface area (Å²) < 4.78 is 5.85. The van der Waals surface area contributed by atoms with Gasteiger partial charge in [0.15, 0.2) is 0 Å². The number of amides is 1. The maximum atomic E-state index is 11.4. The molecule has 0 aliphatic carbocycles. The van der Waals surface area contributed by atoms with Gasteiger partial charge in [-0.05, 0) is 6.92 Å². The molecule has 16 heavy (non-hydrogen) atoms. The summed E-state index contributed by atoms with van der Waals surface area (Å²) in [5.74, 6) is -0.825. The maximum Gasteiger partial charge on any atom is 0.328 e. The lowest BCUT2D eigenvalue weighted by Gasteiger charge is -2.11. The third-order valence-corrected chi connectivity index (χ3v) is 1.89. The highest BCUT2D eigenvalue weighted by Crippen LogP contribution is 1.97. The Balaban J connectivity index is 2.45. The van der Waals surface area contributed by atoms with Gasteiger partial charge in [0.25, 0.3) is 0 Å². The van der Waals surface area contributed by atoms with E-state index in [-0.39, 0.29) is 12.5 Å². The summed E-state index contributed by atoms with van der Waals surface area (Å²) in [7, 11) is 1.26. The van der Waals surface area contributed by atoms with Crippen LogP contribution in [-0.2, 0) is 20.9 Å². The fourth-order valence-corrected chi connectivity index (χ4v) is 1.14. The number of anilines is 1. The lowest BCUT2D eigenvalue weighted by atomic mass is 10.3. The van der Waals surface area contributed by atoms with Crippen molar-refractivity contribution in [1.29, 1.82) is 0 Å². The standard InChI is InChI=1S/C9H14N4O3/c1-6(9(15)16-2)12-8(14)5-13-4-7(10)3-11-13/h3-4,6H,5,10H2,1-2H3,(H,12,14). The quantitative estimate of drug-likeness (QED) is 0.651. The first-order valence-corrected chi connectivity index (χ1v) is 4.68. The lowest BCUT2D eigenvalue weighted by Crippen LogP contribution is -2.40. The van der Waals surface area contributed by atoms with E-state index in [1.807, 2.05) is 0 Å². The number of aromatic nitrogens is 2. The molecular formula is C9H14N4O3. The van der Waals surface area contributed by atoms with Crippen molar-refractivity contribution in [3.8, 4) is 0 Å². The molecule has 0 aromatic carbocycles. The van der Waals surface area contributed by atoms with Crippen LogP contribution in [0.2, 0.25) is 0 Å². The number of esters is 1. The van der Waals surface area contributed by atoms with Crippen LogP contribution in [0, 0.1) is 0 Å². The van der Waals surface area contributed by atoms with Gasteiger partial charge in [0.2, 0.25) is 5.91 Å². The van der Waals surface area contributed by atoms with Gasteiger partial charge in [-0.25, -0.2) is 4.79 Å². The second-order valence-corrected chi connectivity index (χ2v) is 3.28. The molecule has 0 fully saturated rings. The molecule has 7 nitrogen and oxygen atoms in total. The number of methoxy groups -OCH3 is 1. The van der Waals surface area contributed by atoms with Crippen LogP contribution in [0.25, 0.3) is 0 Å². The van der Waals surface area contributed by atoms with E-state index in [0.717, 1.165) is 0 Å². The average molecular weight is 226 g/mol. The summed E-state index contributed by atoms with van der Waals surface area (Å²) in [6.07, 6.45) is 2.97. The summed E-state index contributed by atoms with van der Waals surface area (Å²) in [6, 6.07) is -0.676. The van der Waals surface area contributed by atoms with E-state index in [2.05, 4.69) is 15.2 Å². The molecule has 1 unspecified atom stereocenters. The third-order valence-electron chi connectivity index (χ3n) is 1.89. The topological polar surface area (TPSA) is 99.2 Å². The predicted octanol–water partition coefficient (Wildman–Crippen LogP) is -0.857. The molecule has 1 amide bonds. The van der Waals surface area contributed by atoms with Gasteiger partial charge in [-0.1, -0.05) is 0 Å². The Morgan fingerprint density at radius 1 is 1.69 bits per heavy atom. The van der Waals surface area contributed by atoms with Gasteiger partial charge in [0.1, 0.15) is 12.6 Å². The van der Waals surface area contributed by atoms with Crippen LogP contribution in [0.1, 0.15) is 6.92 Å². The smallest absolute Gasteiger partial charge is 0.328 e. The number of hydrogen-bond acceptors (Lipinski definition) is 5. The van der Waals surface area contributed by atoms with Crippen LogP contribution >= 0.6 is 0 Å². The molecule has 0 saturated heterocycles. The van der Waals surface area contributed by atoms with Crippen molar-refractivity contribution in [1.82, 2.24) is 15.1 Å². The van der Waals surface area contributed by atoms with Crippen molar-refractivity contribution >= 4 is 17.6 Å². The molecule has 1 rings (SSSR count). The first-order chi connectivity index (χ1) is 7.52. The molecule has 0 radical (unpaired) electrons. The zero-order valence-electron chi connectivity index (χ0n) is 9.14. The number of nitrogen functional groups attached to an aromatic ring is 1. The van der Waals surface area contributed by atoms with Crippen molar-refractivity contribution in [3.63, 3.8) is 0 Å². The molecule has 0 aliphatic heterocycles. The molecule has 1 heterocycles. The van der Waals surface area contributed by atoms with E-state index in [9.17, 15) is 9.59 Å². The summed E-state index contributed by atoms with van der Waals surface area (Å²) in [5, 5.41) is 6.32. The van der Waals surface area contributed by atoms with Gasteiger partial charge in [0.05, 0.1) is 19.0 Å². The maximum absolute atomic E-state index is 11.4. The van der Waals surface area contributed by atoms with Crippen molar-refractivity contribution < 1.29 is 14.3 Å². The first-order valence-electron chi connectivity index (χ1n) is 4.68. The Labute approximate surface area is 92.6 Å². The zero-order valence-corrected chi connectivity index (χ0v) is 9.14. The van der Waals surface area contributed by atoms with E-state index in [1.165, 1.54) is 24.2 Å². The van der Waals surface area contributed by atoms with E-state index in [4.69, 9.17) is 5.73 Å². The van der Waals surface area contributed by atoms with Gasteiger partial charge in [-0.15, -0.1) is 0 Å². The number of hydrogen-bond donors (Lipinski definition) is 2. The van der Waals surface area contributed by atoms with Gasteiger partial charge in [-0.2, -0.15) is 5.10 Å². The van der Waals surface area contributed by atoms with Gasteiger partial charge < -0.3 is 15.8 Å². The summed E-state index contributed by atoms with van der Waals surface area (Å²) in [4.78, 5) is 22.5. The first kappa shape index (κ1) is 12.0. The highest BCUT2D eigenvalue weighted by atomic mass is 16.5. The van der Waals surface area contributed by atoms with Crippen LogP contribution < -0.4 is 11.1 Å². The Morgan fingerprint density at radius 3 is 2.88 bits per heavy atom. The minimum atomic E-state index is -0.676. The minimum absolute atomic E-state index is 0.0124. The van der Waals surface area contributed by atoms with E-state index in [0.29, 0.717) is 5.69 Å². The molecule has 0 bridgehead atoms. The molecule has 7 heteroatoms.